The summed E-state index contributed by atoms with van der Waals surface area (Å²) in [6.45, 7) is 6.82. The van der Waals surface area contributed by atoms with E-state index in [1.54, 1.807) is 6.92 Å². The largest absolute Gasteiger partial charge is 0.464 e. The molecule has 0 radical (unpaired) electrons. The monoisotopic (exact) mass is 250 g/mol. The molecule has 0 spiro atoms. The average molecular weight is 250 g/mol. The lowest BCUT2D eigenvalue weighted by molar-refractivity contribution is -0.157. The van der Waals surface area contributed by atoms with Gasteiger partial charge < -0.3 is 9.47 Å². The van der Waals surface area contributed by atoms with E-state index in [1.165, 1.54) is 0 Å². The lowest BCUT2D eigenvalue weighted by Gasteiger charge is -2.13. The number of carbonyl (C=O) groups excluding carboxylic acids is 1. The van der Waals surface area contributed by atoms with E-state index in [0.29, 0.717) is 19.1 Å². The third kappa shape index (κ3) is 5.82. The van der Waals surface area contributed by atoms with Crippen LogP contribution in [0.4, 0.5) is 0 Å². The SMILES string of the molecule is CC(C)CCOC(=O)C(C)OCc1ccccc1. The Hall–Kier alpha value is -1.35. The molecule has 0 saturated carbocycles. The van der Waals surface area contributed by atoms with Crippen molar-refractivity contribution in [3.05, 3.63) is 35.9 Å². The van der Waals surface area contributed by atoms with Crippen LogP contribution in [-0.4, -0.2) is 18.7 Å². The van der Waals surface area contributed by atoms with Gasteiger partial charge in [0.15, 0.2) is 6.10 Å². The van der Waals surface area contributed by atoms with Gasteiger partial charge in [0.05, 0.1) is 13.2 Å². The molecule has 0 heterocycles. The minimum absolute atomic E-state index is 0.286. The van der Waals surface area contributed by atoms with Crippen LogP contribution in [-0.2, 0) is 20.9 Å². The van der Waals surface area contributed by atoms with Gasteiger partial charge in [-0.3, -0.25) is 0 Å². The van der Waals surface area contributed by atoms with Crippen molar-refractivity contribution in [3.63, 3.8) is 0 Å². The van der Waals surface area contributed by atoms with E-state index in [-0.39, 0.29) is 5.97 Å². The fraction of sp³-hybridized carbons (Fsp3) is 0.533. The summed E-state index contributed by atoms with van der Waals surface area (Å²) in [5, 5.41) is 0. The zero-order valence-corrected chi connectivity index (χ0v) is 11.4. The van der Waals surface area contributed by atoms with Gasteiger partial charge in [0, 0.05) is 0 Å². The molecule has 1 rings (SSSR count). The number of rotatable bonds is 7. The summed E-state index contributed by atoms with van der Waals surface area (Å²) in [4.78, 5) is 11.6. The molecule has 1 aromatic carbocycles. The van der Waals surface area contributed by atoms with E-state index < -0.39 is 6.10 Å². The van der Waals surface area contributed by atoms with Gasteiger partial charge in [-0.15, -0.1) is 0 Å². The maximum absolute atomic E-state index is 11.6. The van der Waals surface area contributed by atoms with Crippen LogP contribution >= 0.6 is 0 Å². The third-order valence-electron chi connectivity index (χ3n) is 2.61. The second-order valence-corrected chi connectivity index (χ2v) is 4.79. The van der Waals surface area contributed by atoms with E-state index >= 15 is 0 Å². The van der Waals surface area contributed by atoms with Crippen LogP contribution in [0.2, 0.25) is 0 Å². The normalized spacial score (nSPS) is 12.4. The molecular weight excluding hydrogens is 228 g/mol. The second kappa shape index (κ2) is 7.88. The van der Waals surface area contributed by atoms with Crippen LogP contribution in [0.15, 0.2) is 30.3 Å². The maximum atomic E-state index is 11.6. The molecule has 1 aromatic rings. The first-order valence-corrected chi connectivity index (χ1v) is 6.41. The highest BCUT2D eigenvalue weighted by Gasteiger charge is 2.14. The lowest BCUT2D eigenvalue weighted by atomic mass is 10.1. The Labute approximate surface area is 109 Å². The molecule has 0 aromatic heterocycles. The Morgan fingerprint density at radius 1 is 1.17 bits per heavy atom. The van der Waals surface area contributed by atoms with E-state index in [4.69, 9.17) is 9.47 Å². The Kier molecular flexibility index (Phi) is 6.44. The van der Waals surface area contributed by atoms with Crippen molar-refractivity contribution in [1.82, 2.24) is 0 Å². The number of benzene rings is 1. The van der Waals surface area contributed by atoms with Gasteiger partial charge in [-0.1, -0.05) is 44.2 Å². The van der Waals surface area contributed by atoms with Crippen LogP contribution < -0.4 is 0 Å². The molecule has 3 nitrogen and oxygen atoms in total. The van der Waals surface area contributed by atoms with E-state index in [1.807, 2.05) is 30.3 Å². The Balaban J connectivity index is 2.23. The van der Waals surface area contributed by atoms with Crippen molar-refractivity contribution < 1.29 is 14.3 Å². The van der Waals surface area contributed by atoms with E-state index in [9.17, 15) is 4.79 Å². The highest BCUT2D eigenvalue weighted by Crippen LogP contribution is 2.05. The minimum Gasteiger partial charge on any atom is -0.464 e. The van der Waals surface area contributed by atoms with Gasteiger partial charge in [0.25, 0.3) is 0 Å². The Morgan fingerprint density at radius 2 is 1.83 bits per heavy atom. The first-order valence-electron chi connectivity index (χ1n) is 6.41. The average Bonchev–Trinajstić information content (AvgIpc) is 2.36. The smallest absolute Gasteiger partial charge is 0.334 e. The van der Waals surface area contributed by atoms with Gasteiger partial charge in [-0.05, 0) is 24.8 Å². The van der Waals surface area contributed by atoms with Crippen LogP contribution in [0.1, 0.15) is 32.8 Å². The number of esters is 1. The topological polar surface area (TPSA) is 35.5 Å². The zero-order valence-electron chi connectivity index (χ0n) is 11.4. The molecule has 0 aliphatic rings. The highest BCUT2D eigenvalue weighted by atomic mass is 16.6. The van der Waals surface area contributed by atoms with Gasteiger partial charge in [-0.25, -0.2) is 4.79 Å². The molecule has 100 valence electrons. The van der Waals surface area contributed by atoms with Crippen LogP contribution in [0, 0.1) is 5.92 Å². The summed E-state index contributed by atoms with van der Waals surface area (Å²) in [6, 6.07) is 9.79. The van der Waals surface area contributed by atoms with Crippen molar-refractivity contribution >= 4 is 5.97 Å². The van der Waals surface area contributed by atoms with Gasteiger partial charge in [0.2, 0.25) is 0 Å². The highest BCUT2D eigenvalue weighted by molar-refractivity contribution is 5.74. The van der Waals surface area contributed by atoms with Crippen molar-refractivity contribution in [2.45, 2.75) is 39.9 Å². The summed E-state index contributed by atoms with van der Waals surface area (Å²) in [7, 11) is 0. The molecule has 18 heavy (non-hydrogen) atoms. The zero-order chi connectivity index (χ0) is 13.4. The van der Waals surface area contributed by atoms with Gasteiger partial charge in [-0.2, -0.15) is 0 Å². The quantitative estimate of drug-likeness (QED) is 0.697. The van der Waals surface area contributed by atoms with Crippen molar-refractivity contribution in [1.29, 1.82) is 0 Å². The van der Waals surface area contributed by atoms with Crippen LogP contribution in [0.5, 0.6) is 0 Å². The first kappa shape index (κ1) is 14.7. The molecule has 0 N–H and O–H groups in total. The standard InChI is InChI=1S/C15H22O3/c1-12(2)9-10-17-15(16)13(3)18-11-14-7-5-4-6-8-14/h4-8,12-13H,9-11H2,1-3H3. The maximum Gasteiger partial charge on any atom is 0.334 e. The molecule has 0 saturated heterocycles. The molecule has 0 bridgehead atoms. The van der Waals surface area contributed by atoms with E-state index in [2.05, 4.69) is 13.8 Å². The second-order valence-electron chi connectivity index (χ2n) is 4.79. The fourth-order valence-electron chi connectivity index (χ4n) is 1.38. The molecule has 0 fully saturated rings. The summed E-state index contributed by atoms with van der Waals surface area (Å²) in [5.74, 6) is 0.255. The predicted octanol–water partition coefficient (Wildman–Crippen LogP) is 3.18. The first-order chi connectivity index (χ1) is 8.59. The third-order valence-corrected chi connectivity index (χ3v) is 2.61. The van der Waals surface area contributed by atoms with Crippen molar-refractivity contribution in [2.24, 2.45) is 5.92 Å². The van der Waals surface area contributed by atoms with E-state index in [0.717, 1.165) is 12.0 Å². The molecule has 0 amide bonds. The predicted molar refractivity (Wildman–Crippen MR) is 71.1 cm³/mol. The number of hydrogen-bond donors (Lipinski definition) is 0. The Bertz CT molecular complexity index is 346. The molecule has 1 atom stereocenters. The summed E-state index contributed by atoms with van der Waals surface area (Å²) >= 11 is 0. The fourth-order valence-corrected chi connectivity index (χ4v) is 1.38. The molecular formula is C15H22O3. The van der Waals surface area contributed by atoms with Crippen molar-refractivity contribution in [2.75, 3.05) is 6.61 Å². The van der Waals surface area contributed by atoms with Crippen LogP contribution in [0.25, 0.3) is 0 Å². The lowest BCUT2D eigenvalue weighted by Crippen LogP contribution is -2.24. The number of ether oxygens (including phenoxy) is 2. The molecule has 0 aliphatic heterocycles. The molecule has 3 heteroatoms. The molecule has 0 aliphatic carbocycles. The number of hydrogen-bond acceptors (Lipinski definition) is 3. The van der Waals surface area contributed by atoms with Crippen molar-refractivity contribution in [3.8, 4) is 0 Å². The minimum atomic E-state index is -0.516. The Morgan fingerprint density at radius 3 is 2.44 bits per heavy atom. The summed E-state index contributed by atoms with van der Waals surface area (Å²) in [5.41, 5.74) is 1.05. The molecule has 1 unspecified atom stereocenters. The van der Waals surface area contributed by atoms with Gasteiger partial charge >= 0.3 is 5.97 Å². The van der Waals surface area contributed by atoms with Gasteiger partial charge in [0.1, 0.15) is 0 Å². The summed E-state index contributed by atoms with van der Waals surface area (Å²) in [6.07, 6.45) is 0.370. The number of carbonyl (C=O) groups is 1. The summed E-state index contributed by atoms with van der Waals surface area (Å²) < 4.78 is 10.6. The van der Waals surface area contributed by atoms with Crippen LogP contribution in [0.3, 0.4) is 0 Å².